The molecule has 0 radical (unpaired) electrons. The molecule has 6 heteroatoms. The number of para-hydroxylation sites is 2. The zero-order chi connectivity index (χ0) is 13.5. The molecule has 0 saturated carbocycles. The number of benzene rings is 1. The van der Waals surface area contributed by atoms with E-state index in [-0.39, 0.29) is 5.91 Å². The van der Waals surface area contributed by atoms with Crippen LogP contribution in [0.3, 0.4) is 0 Å². The summed E-state index contributed by atoms with van der Waals surface area (Å²) in [5, 5.41) is 10.1. The molecule has 100 valence electrons. The van der Waals surface area contributed by atoms with Gasteiger partial charge in [-0.05, 0) is 18.7 Å². The molecule has 1 heterocycles. The van der Waals surface area contributed by atoms with E-state index < -0.39 is 0 Å². The summed E-state index contributed by atoms with van der Waals surface area (Å²) in [6.45, 7) is 3.55. The molecule has 2 aromatic rings. The molecule has 0 atom stereocenters. The highest BCUT2D eigenvalue weighted by Gasteiger charge is 2.07. The first-order chi connectivity index (χ1) is 9.31. The van der Waals surface area contributed by atoms with Crippen LogP contribution in [0.15, 0.2) is 36.9 Å². The fourth-order valence-corrected chi connectivity index (χ4v) is 1.70. The fraction of sp³-hybridized carbons (Fsp3) is 0.308. The van der Waals surface area contributed by atoms with Gasteiger partial charge in [0.15, 0.2) is 0 Å². The van der Waals surface area contributed by atoms with Crippen molar-refractivity contribution in [3.05, 3.63) is 36.9 Å². The van der Waals surface area contributed by atoms with Gasteiger partial charge in [-0.1, -0.05) is 19.1 Å². The first-order valence-corrected chi connectivity index (χ1v) is 6.26. The van der Waals surface area contributed by atoms with Crippen LogP contribution >= 0.6 is 0 Å². The minimum Gasteiger partial charge on any atom is -0.324 e. The summed E-state index contributed by atoms with van der Waals surface area (Å²) in [5.74, 6) is -0.0199. The van der Waals surface area contributed by atoms with Crippen molar-refractivity contribution in [3.63, 3.8) is 0 Å². The van der Waals surface area contributed by atoms with E-state index in [0.29, 0.717) is 13.0 Å². The molecule has 0 spiro atoms. The van der Waals surface area contributed by atoms with Crippen molar-refractivity contribution < 1.29 is 4.79 Å². The molecule has 19 heavy (non-hydrogen) atoms. The third-order valence-corrected chi connectivity index (χ3v) is 2.62. The first-order valence-electron chi connectivity index (χ1n) is 6.26. The highest BCUT2D eigenvalue weighted by Crippen LogP contribution is 2.18. The normalized spacial score (nSPS) is 10.4. The monoisotopic (exact) mass is 259 g/mol. The lowest BCUT2D eigenvalue weighted by molar-refractivity contribution is -0.116. The number of nitrogens with one attached hydrogen (secondary N) is 2. The largest absolute Gasteiger partial charge is 0.324 e. The van der Waals surface area contributed by atoms with Gasteiger partial charge in [0.2, 0.25) is 5.91 Å². The average Bonchev–Trinajstić information content (AvgIpc) is 2.93. The summed E-state index contributed by atoms with van der Waals surface area (Å²) in [7, 11) is 0. The Morgan fingerprint density at radius 2 is 2.21 bits per heavy atom. The van der Waals surface area contributed by atoms with E-state index in [4.69, 9.17) is 0 Å². The van der Waals surface area contributed by atoms with Crippen molar-refractivity contribution in [2.75, 3.05) is 18.4 Å². The molecule has 0 aliphatic rings. The molecule has 0 saturated heterocycles. The van der Waals surface area contributed by atoms with Crippen molar-refractivity contribution in [2.45, 2.75) is 13.3 Å². The smallest absolute Gasteiger partial charge is 0.225 e. The number of hydrogen-bond acceptors (Lipinski definition) is 4. The van der Waals surface area contributed by atoms with E-state index in [0.717, 1.165) is 17.9 Å². The van der Waals surface area contributed by atoms with Crippen LogP contribution in [0.4, 0.5) is 5.69 Å². The van der Waals surface area contributed by atoms with E-state index in [2.05, 4.69) is 20.7 Å². The Kier molecular flexibility index (Phi) is 4.63. The van der Waals surface area contributed by atoms with Crippen LogP contribution in [0.25, 0.3) is 5.69 Å². The van der Waals surface area contributed by atoms with Crippen molar-refractivity contribution in [1.82, 2.24) is 20.1 Å². The number of hydrogen-bond donors (Lipinski definition) is 2. The van der Waals surface area contributed by atoms with E-state index in [1.54, 1.807) is 11.0 Å². The molecule has 0 aliphatic heterocycles. The van der Waals surface area contributed by atoms with Crippen LogP contribution in [0.1, 0.15) is 13.3 Å². The second-order valence-electron chi connectivity index (χ2n) is 4.01. The maximum atomic E-state index is 11.8. The van der Waals surface area contributed by atoms with Gasteiger partial charge in [0.25, 0.3) is 0 Å². The van der Waals surface area contributed by atoms with E-state index in [9.17, 15) is 4.79 Å². The minimum absolute atomic E-state index is 0.0199. The third-order valence-electron chi connectivity index (χ3n) is 2.62. The number of carbonyl (C=O) groups excluding carboxylic acids is 1. The molecule has 0 fully saturated rings. The number of nitrogens with zero attached hydrogens (tertiary/aromatic N) is 3. The third kappa shape index (κ3) is 3.62. The number of anilines is 1. The Labute approximate surface area is 111 Å². The fourth-order valence-electron chi connectivity index (χ4n) is 1.70. The molecule has 1 aromatic heterocycles. The Morgan fingerprint density at radius 1 is 1.37 bits per heavy atom. The number of aromatic nitrogens is 3. The summed E-state index contributed by atoms with van der Waals surface area (Å²) < 4.78 is 1.62. The number of rotatable bonds is 6. The van der Waals surface area contributed by atoms with Crippen molar-refractivity contribution in [1.29, 1.82) is 0 Å². The molecular weight excluding hydrogens is 242 g/mol. The van der Waals surface area contributed by atoms with E-state index in [1.165, 1.54) is 6.33 Å². The molecule has 2 rings (SSSR count). The lowest BCUT2D eigenvalue weighted by atomic mass is 10.2. The van der Waals surface area contributed by atoms with Crippen LogP contribution in [-0.4, -0.2) is 33.8 Å². The Hall–Kier alpha value is -2.21. The number of amides is 1. The molecule has 6 nitrogen and oxygen atoms in total. The van der Waals surface area contributed by atoms with Gasteiger partial charge in [0.1, 0.15) is 12.7 Å². The van der Waals surface area contributed by atoms with Gasteiger partial charge in [-0.3, -0.25) is 4.79 Å². The Morgan fingerprint density at radius 3 is 2.95 bits per heavy atom. The van der Waals surface area contributed by atoms with E-state index in [1.807, 2.05) is 31.2 Å². The van der Waals surface area contributed by atoms with Gasteiger partial charge in [-0.15, -0.1) is 0 Å². The Balaban J connectivity index is 2.06. The maximum absolute atomic E-state index is 11.8. The Bertz CT molecular complexity index is 524. The van der Waals surface area contributed by atoms with Gasteiger partial charge in [-0.25, -0.2) is 9.67 Å². The zero-order valence-electron chi connectivity index (χ0n) is 10.8. The highest BCUT2D eigenvalue weighted by molar-refractivity contribution is 5.92. The first kappa shape index (κ1) is 13.2. The summed E-state index contributed by atoms with van der Waals surface area (Å²) >= 11 is 0. The minimum atomic E-state index is -0.0199. The summed E-state index contributed by atoms with van der Waals surface area (Å²) in [4.78, 5) is 15.7. The SMILES string of the molecule is CCNCCC(=O)Nc1ccccc1-n1cncn1. The van der Waals surface area contributed by atoms with Gasteiger partial charge < -0.3 is 10.6 Å². The quantitative estimate of drug-likeness (QED) is 0.765. The van der Waals surface area contributed by atoms with Crippen molar-refractivity contribution in [3.8, 4) is 5.69 Å². The van der Waals surface area contributed by atoms with Crippen LogP contribution in [-0.2, 0) is 4.79 Å². The molecule has 0 unspecified atom stereocenters. The second-order valence-corrected chi connectivity index (χ2v) is 4.01. The topological polar surface area (TPSA) is 71.8 Å². The molecule has 0 bridgehead atoms. The summed E-state index contributed by atoms with van der Waals surface area (Å²) in [5.41, 5.74) is 1.53. The highest BCUT2D eigenvalue weighted by atomic mass is 16.1. The summed E-state index contributed by atoms with van der Waals surface area (Å²) in [6, 6.07) is 7.50. The van der Waals surface area contributed by atoms with E-state index >= 15 is 0 Å². The van der Waals surface area contributed by atoms with Crippen LogP contribution in [0.2, 0.25) is 0 Å². The van der Waals surface area contributed by atoms with Crippen LogP contribution in [0, 0.1) is 0 Å². The molecule has 2 N–H and O–H groups in total. The molecule has 1 amide bonds. The van der Waals surface area contributed by atoms with Crippen LogP contribution in [0.5, 0.6) is 0 Å². The van der Waals surface area contributed by atoms with Gasteiger partial charge in [0, 0.05) is 13.0 Å². The average molecular weight is 259 g/mol. The zero-order valence-corrected chi connectivity index (χ0v) is 10.8. The molecule has 1 aromatic carbocycles. The lowest BCUT2D eigenvalue weighted by Gasteiger charge is -2.10. The number of carbonyl (C=O) groups is 1. The predicted molar refractivity (Wildman–Crippen MR) is 73.1 cm³/mol. The van der Waals surface area contributed by atoms with Gasteiger partial charge in [0.05, 0.1) is 11.4 Å². The van der Waals surface area contributed by atoms with Gasteiger partial charge >= 0.3 is 0 Å². The second kappa shape index (κ2) is 6.65. The van der Waals surface area contributed by atoms with Crippen LogP contribution < -0.4 is 10.6 Å². The molecule has 0 aliphatic carbocycles. The van der Waals surface area contributed by atoms with Crippen molar-refractivity contribution >= 4 is 11.6 Å². The lowest BCUT2D eigenvalue weighted by Crippen LogP contribution is -2.21. The predicted octanol–water partition coefficient (Wildman–Crippen LogP) is 1.21. The van der Waals surface area contributed by atoms with Gasteiger partial charge in [-0.2, -0.15) is 5.10 Å². The molecular formula is C13H17N5O. The standard InChI is InChI=1S/C13H17N5O/c1-2-14-8-7-13(19)17-11-5-3-4-6-12(11)18-10-15-9-16-18/h3-6,9-10,14H,2,7-8H2,1H3,(H,17,19). The summed E-state index contributed by atoms with van der Waals surface area (Å²) in [6.07, 6.45) is 3.51. The van der Waals surface area contributed by atoms with Crippen molar-refractivity contribution in [2.24, 2.45) is 0 Å². The maximum Gasteiger partial charge on any atom is 0.225 e.